The van der Waals surface area contributed by atoms with Gasteiger partial charge in [-0.25, -0.2) is 8.78 Å². The van der Waals surface area contributed by atoms with Gasteiger partial charge in [-0.15, -0.1) is 0 Å². The molecule has 2 N–H and O–H groups in total. The summed E-state index contributed by atoms with van der Waals surface area (Å²) in [5.74, 6) is -1.41. The van der Waals surface area contributed by atoms with Crippen LogP contribution in [0.15, 0.2) is 30.3 Å². The van der Waals surface area contributed by atoms with Gasteiger partial charge in [0.25, 0.3) is 0 Å². The summed E-state index contributed by atoms with van der Waals surface area (Å²) in [5, 5.41) is 13.6. The van der Waals surface area contributed by atoms with Gasteiger partial charge < -0.3 is 10.4 Å². The molecule has 1 aliphatic rings. The molecule has 1 unspecified atom stereocenters. The first kappa shape index (κ1) is 13.1. The molecule has 0 saturated heterocycles. The predicted molar refractivity (Wildman–Crippen MR) is 73.8 cm³/mol. The molecule has 0 aliphatic carbocycles. The third kappa shape index (κ3) is 1.96. The van der Waals surface area contributed by atoms with Gasteiger partial charge in [-0.3, -0.25) is 0 Å². The first-order valence-corrected chi connectivity index (χ1v) is 6.58. The number of aryl methyl sites for hydroxylation is 1. The van der Waals surface area contributed by atoms with Gasteiger partial charge in [0.05, 0.1) is 5.56 Å². The smallest absolute Gasteiger partial charge is 0.135 e. The molecule has 104 valence electrons. The molecule has 2 aromatic rings. The van der Waals surface area contributed by atoms with Crippen molar-refractivity contribution in [1.29, 1.82) is 0 Å². The van der Waals surface area contributed by atoms with Gasteiger partial charge in [-0.1, -0.05) is 24.3 Å². The second kappa shape index (κ2) is 4.87. The maximum Gasteiger partial charge on any atom is 0.135 e. The van der Waals surface area contributed by atoms with E-state index in [-0.39, 0.29) is 5.56 Å². The van der Waals surface area contributed by atoms with E-state index in [2.05, 4.69) is 5.32 Å². The van der Waals surface area contributed by atoms with Crippen LogP contribution in [0.3, 0.4) is 0 Å². The highest BCUT2D eigenvalue weighted by Crippen LogP contribution is 2.36. The quantitative estimate of drug-likeness (QED) is 0.881. The van der Waals surface area contributed by atoms with Crippen molar-refractivity contribution in [2.45, 2.75) is 19.4 Å². The Hall–Kier alpha value is -1.94. The minimum Gasteiger partial charge on any atom is -0.384 e. The summed E-state index contributed by atoms with van der Waals surface area (Å²) >= 11 is 0. The lowest BCUT2D eigenvalue weighted by Crippen LogP contribution is -2.09. The van der Waals surface area contributed by atoms with Crippen molar-refractivity contribution in [2.75, 3.05) is 11.9 Å². The van der Waals surface area contributed by atoms with Crippen LogP contribution in [0.1, 0.15) is 28.4 Å². The minimum absolute atomic E-state index is 0.285. The number of aliphatic hydroxyl groups is 1. The number of hydrogen-bond acceptors (Lipinski definition) is 2. The second-order valence-electron chi connectivity index (χ2n) is 5.05. The van der Waals surface area contributed by atoms with Gasteiger partial charge in [-0.2, -0.15) is 0 Å². The standard InChI is InChI=1S/C16H15F2NO/c1-9-5-6-12(17)13(14(9)18)16(20)11-4-2-3-10-7-8-19-15(10)11/h2-6,16,19-20H,7-8H2,1H3. The van der Waals surface area contributed by atoms with E-state index in [9.17, 15) is 13.9 Å². The third-order valence-electron chi connectivity index (χ3n) is 3.77. The van der Waals surface area contributed by atoms with Gasteiger partial charge in [0, 0.05) is 17.8 Å². The molecule has 0 aromatic heterocycles. The van der Waals surface area contributed by atoms with Crippen molar-refractivity contribution >= 4 is 5.69 Å². The fraction of sp³-hybridized carbons (Fsp3) is 0.250. The normalized spacial score (nSPS) is 14.8. The van der Waals surface area contributed by atoms with E-state index >= 15 is 0 Å². The van der Waals surface area contributed by atoms with E-state index in [4.69, 9.17) is 0 Å². The summed E-state index contributed by atoms with van der Waals surface area (Å²) in [7, 11) is 0. The van der Waals surface area contributed by atoms with Crippen LogP contribution < -0.4 is 5.32 Å². The highest BCUT2D eigenvalue weighted by molar-refractivity contribution is 5.63. The monoisotopic (exact) mass is 275 g/mol. The molecule has 0 radical (unpaired) electrons. The van der Waals surface area contributed by atoms with E-state index in [1.54, 1.807) is 19.1 Å². The van der Waals surface area contributed by atoms with Crippen molar-refractivity contribution in [3.05, 3.63) is 64.2 Å². The average Bonchev–Trinajstić information content (AvgIpc) is 2.91. The van der Waals surface area contributed by atoms with Crippen LogP contribution in [0.5, 0.6) is 0 Å². The number of benzene rings is 2. The highest BCUT2D eigenvalue weighted by Gasteiger charge is 2.25. The van der Waals surface area contributed by atoms with E-state index in [1.807, 2.05) is 6.07 Å². The number of nitrogens with one attached hydrogen (secondary N) is 1. The van der Waals surface area contributed by atoms with Crippen LogP contribution in [0.4, 0.5) is 14.5 Å². The number of aliphatic hydroxyl groups excluding tert-OH is 1. The summed E-state index contributed by atoms with van der Waals surface area (Å²) < 4.78 is 28.0. The van der Waals surface area contributed by atoms with Crippen LogP contribution in [0.2, 0.25) is 0 Å². The molecule has 1 aliphatic heterocycles. The van der Waals surface area contributed by atoms with Crippen LogP contribution in [-0.4, -0.2) is 11.7 Å². The molecule has 0 amide bonds. The van der Waals surface area contributed by atoms with Crippen molar-refractivity contribution < 1.29 is 13.9 Å². The lowest BCUT2D eigenvalue weighted by atomic mass is 9.95. The Morgan fingerprint density at radius 2 is 2.00 bits per heavy atom. The molecule has 1 heterocycles. The summed E-state index contributed by atoms with van der Waals surface area (Å²) in [6.45, 7) is 2.33. The molecule has 0 bridgehead atoms. The summed E-state index contributed by atoms with van der Waals surface area (Å²) in [6, 6.07) is 8.01. The molecule has 0 fully saturated rings. The van der Waals surface area contributed by atoms with Crippen LogP contribution in [0.25, 0.3) is 0 Å². The Morgan fingerprint density at radius 3 is 2.80 bits per heavy atom. The zero-order chi connectivity index (χ0) is 14.3. The Balaban J connectivity index is 2.13. The van der Waals surface area contributed by atoms with Crippen LogP contribution >= 0.6 is 0 Å². The van der Waals surface area contributed by atoms with E-state index in [1.165, 1.54) is 12.1 Å². The Bertz CT molecular complexity index is 670. The Morgan fingerprint density at radius 1 is 1.20 bits per heavy atom. The molecule has 0 spiro atoms. The molecular formula is C16H15F2NO. The lowest BCUT2D eigenvalue weighted by molar-refractivity contribution is 0.209. The zero-order valence-corrected chi connectivity index (χ0v) is 11.1. The first-order valence-electron chi connectivity index (χ1n) is 6.58. The SMILES string of the molecule is Cc1ccc(F)c(C(O)c2cccc3c2NCC3)c1F. The number of fused-ring (bicyclic) bond motifs is 1. The van der Waals surface area contributed by atoms with Crippen molar-refractivity contribution in [3.8, 4) is 0 Å². The highest BCUT2D eigenvalue weighted by atomic mass is 19.1. The van der Waals surface area contributed by atoms with E-state index < -0.39 is 17.7 Å². The van der Waals surface area contributed by atoms with E-state index in [0.29, 0.717) is 11.1 Å². The molecule has 2 aromatic carbocycles. The molecule has 0 saturated carbocycles. The topological polar surface area (TPSA) is 32.3 Å². The maximum absolute atomic E-state index is 14.1. The van der Waals surface area contributed by atoms with Gasteiger partial charge in [0.2, 0.25) is 0 Å². The van der Waals surface area contributed by atoms with Gasteiger partial charge in [0.15, 0.2) is 0 Å². The summed E-state index contributed by atoms with van der Waals surface area (Å²) in [5.41, 5.74) is 2.41. The second-order valence-corrected chi connectivity index (χ2v) is 5.05. The summed E-state index contributed by atoms with van der Waals surface area (Å²) in [4.78, 5) is 0. The first-order chi connectivity index (χ1) is 9.59. The van der Waals surface area contributed by atoms with Crippen LogP contribution in [-0.2, 0) is 6.42 Å². The number of rotatable bonds is 2. The number of hydrogen-bond donors (Lipinski definition) is 2. The van der Waals surface area contributed by atoms with Gasteiger partial charge in [-0.05, 0) is 30.5 Å². The van der Waals surface area contributed by atoms with Crippen molar-refractivity contribution in [2.24, 2.45) is 0 Å². The molecule has 3 rings (SSSR count). The van der Waals surface area contributed by atoms with Gasteiger partial charge >= 0.3 is 0 Å². The fourth-order valence-corrected chi connectivity index (χ4v) is 2.68. The number of halogens is 2. The van der Waals surface area contributed by atoms with Gasteiger partial charge in [0.1, 0.15) is 17.7 Å². The number of anilines is 1. The molecule has 20 heavy (non-hydrogen) atoms. The van der Waals surface area contributed by atoms with Crippen molar-refractivity contribution in [3.63, 3.8) is 0 Å². The largest absolute Gasteiger partial charge is 0.384 e. The Labute approximate surface area is 116 Å². The molecule has 2 nitrogen and oxygen atoms in total. The predicted octanol–water partition coefficient (Wildman–Crippen LogP) is 3.32. The van der Waals surface area contributed by atoms with E-state index in [0.717, 1.165) is 24.2 Å². The summed E-state index contributed by atoms with van der Waals surface area (Å²) in [6.07, 6.45) is -0.454. The molecular weight excluding hydrogens is 260 g/mol. The zero-order valence-electron chi connectivity index (χ0n) is 11.1. The van der Waals surface area contributed by atoms with Crippen molar-refractivity contribution in [1.82, 2.24) is 0 Å². The van der Waals surface area contributed by atoms with Crippen LogP contribution in [0, 0.1) is 18.6 Å². The molecule has 1 atom stereocenters. The Kier molecular flexibility index (Phi) is 3.18. The fourth-order valence-electron chi connectivity index (χ4n) is 2.68. The third-order valence-corrected chi connectivity index (χ3v) is 3.77. The lowest BCUT2D eigenvalue weighted by Gasteiger charge is -2.17. The maximum atomic E-state index is 14.1. The minimum atomic E-state index is -1.31. The average molecular weight is 275 g/mol. The molecule has 4 heteroatoms. The number of para-hydroxylation sites is 1.